The number of amides is 1. The first kappa shape index (κ1) is 13.5. The molecule has 2 fully saturated rings. The Labute approximate surface area is 118 Å². The smallest absolute Gasteiger partial charge is 0.217 e. The van der Waals surface area contributed by atoms with Gasteiger partial charge >= 0.3 is 0 Å². The molecule has 0 saturated carbocycles. The molecule has 2 heterocycles. The highest BCUT2D eigenvalue weighted by atomic mass is 16.6. The van der Waals surface area contributed by atoms with E-state index in [4.69, 9.17) is 14.2 Å². The lowest BCUT2D eigenvalue weighted by Gasteiger charge is -2.17. The molecule has 3 rings (SSSR count). The average molecular weight is 277 g/mol. The van der Waals surface area contributed by atoms with E-state index in [0.717, 1.165) is 5.56 Å². The number of nitrogens with one attached hydrogen (secondary N) is 1. The van der Waals surface area contributed by atoms with Gasteiger partial charge in [0.05, 0.1) is 25.9 Å². The molecule has 1 aromatic carbocycles. The minimum absolute atomic E-state index is 0.0588. The topological polar surface area (TPSA) is 56.8 Å². The lowest BCUT2D eigenvalue weighted by Crippen LogP contribution is -2.43. The molecule has 0 aliphatic carbocycles. The van der Waals surface area contributed by atoms with Crippen molar-refractivity contribution in [1.29, 1.82) is 0 Å². The summed E-state index contributed by atoms with van der Waals surface area (Å²) >= 11 is 0. The van der Waals surface area contributed by atoms with Gasteiger partial charge in [-0.2, -0.15) is 0 Å². The Morgan fingerprint density at radius 2 is 2.00 bits per heavy atom. The molecule has 0 spiro atoms. The van der Waals surface area contributed by atoms with Crippen LogP contribution in [0.4, 0.5) is 0 Å². The molecule has 0 unspecified atom stereocenters. The molecule has 4 atom stereocenters. The molecule has 0 bridgehead atoms. The van der Waals surface area contributed by atoms with E-state index in [2.05, 4.69) is 5.32 Å². The maximum Gasteiger partial charge on any atom is 0.217 e. The van der Waals surface area contributed by atoms with Gasteiger partial charge in [-0.05, 0) is 5.56 Å². The van der Waals surface area contributed by atoms with Gasteiger partial charge in [0.15, 0.2) is 0 Å². The van der Waals surface area contributed by atoms with Crippen LogP contribution in [0, 0.1) is 0 Å². The lowest BCUT2D eigenvalue weighted by molar-refractivity contribution is -0.120. The van der Waals surface area contributed by atoms with E-state index < -0.39 is 0 Å². The minimum atomic E-state index is -0.0975. The highest BCUT2D eigenvalue weighted by Gasteiger charge is 2.48. The summed E-state index contributed by atoms with van der Waals surface area (Å²) in [5, 5.41) is 2.86. The Morgan fingerprint density at radius 1 is 1.25 bits per heavy atom. The summed E-state index contributed by atoms with van der Waals surface area (Å²) in [5.41, 5.74) is 1.13. The van der Waals surface area contributed by atoms with E-state index in [1.807, 2.05) is 30.3 Å². The number of hydrogen-bond acceptors (Lipinski definition) is 4. The van der Waals surface area contributed by atoms with Crippen LogP contribution in [-0.4, -0.2) is 43.5 Å². The maximum atomic E-state index is 11.1. The Bertz CT molecular complexity index is 464. The van der Waals surface area contributed by atoms with Crippen molar-refractivity contribution in [2.45, 2.75) is 37.9 Å². The van der Waals surface area contributed by atoms with Crippen LogP contribution in [0.1, 0.15) is 12.5 Å². The zero-order valence-electron chi connectivity index (χ0n) is 11.5. The molecule has 5 heteroatoms. The van der Waals surface area contributed by atoms with E-state index in [0.29, 0.717) is 19.8 Å². The zero-order chi connectivity index (χ0) is 13.9. The maximum absolute atomic E-state index is 11.1. The Morgan fingerprint density at radius 3 is 2.75 bits per heavy atom. The van der Waals surface area contributed by atoms with E-state index in [-0.39, 0.29) is 30.3 Å². The summed E-state index contributed by atoms with van der Waals surface area (Å²) in [6.45, 7) is 3.05. The number of carbonyl (C=O) groups excluding carboxylic acids is 1. The molecule has 20 heavy (non-hydrogen) atoms. The van der Waals surface area contributed by atoms with Crippen molar-refractivity contribution < 1.29 is 19.0 Å². The fourth-order valence-electron chi connectivity index (χ4n) is 2.77. The largest absolute Gasteiger partial charge is 0.370 e. The van der Waals surface area contributed by atoms with Crippen LogP contribution in [0.15, 0.2) is 30.3 Å². The van der Waals surface area contributed by atoms with Crippen molar-refractivity contribution in [2.75, 3.05) is 13.2 Å². The Balaban J connectivity index is 1.54. The van der Waals surface area contributed by atoms with E-state index in [1.165, 1.54) is 6.92 Å². The predicted octanol–water partition coefficient (Wildman–Crippen LogP) is 0.874. The Kier molecular flexibility index (Phi) is 4.00. The fourth-order valence-corrected chi connectivity index (χ4v) is 2.77. The van der Waals surface area contributed by atoms with Crippen molar-refractivity contribution in [2.24, 2.45) is 0 Å². The third kappa shape index (κ3) is 2.85. The average Bonchev–Trinajstić information content (AvgIpc) is 3.01. The molecule has 5 nitrogen and oxygen atoms in total. The van der Waals surface area contributed by atoms with Crippen molar-refractivity contribution in [3.8, 4) is 0 Å². The van der Waals surface area contributed by atoms with Gasteiger partial charge in [-0.15, -0.1) is 0 Å². The number of hydrogen-bond donors (Lipinski definition) is 1. The standard InChI is InChI=1S/C15H19NO4/c1-10(17)16-12-8-19-15-13(9-20-14(12)15)18-7-11-5-3-2-4-6-11/h2-6,12-15H,7-9H2,1H3,(H,16,17)/t12-,13-,14-,15+/m1/s1. The van der Waals surface area contributed by atoms with Gasteiger partial charge in [0, 0.05) is 6.92 Å². The van der Waals surface area contributed by atoms with Crippen LogP contribution in [0.5, 0.6) is 0 Å². The summed E-state index contributed by atoms with van der Waals surface area (Å²) in [6.07, 6.45) is -0.255. The molecule has 0 aromatic heterocycles. The van der Waals surface area contributed by atoms with Crippen molar-refractivity contribution in [1.82, 2.24) is 5.32 Å². The summed E-state index contributed by atoms with van der Waals surface area (Å²) < 4.78 is 17.3. The van der Waals surface area contributed by atoms with Crippen LogP contribution >= 0.6 is 0 Å². The molecule has 2 saturated heterocycles. The van der Waals surface area contributed by atoms with Crippen molar-refractivity contribution in [3.63, 3.8) is 0 Å². The molecule has 1 amide bonds. The van der Waals surface area contributed by atoms with Gasteiger partial charge in [0.2, 0.25) is 5.91 Å². The third-order valence-corrected chi connectivity index (χ3v) is 3.70. The van der Waals surface area contributed by atoms with E-state index in [9.17, 15) is 4.79 Å². The van der Waals surface area contributed by atoms with Gasteiger partial charge in [-0.25, -0.2) is 0 Å². The van der Waals surface area contributed by atoms with Crippen molar-refractivity contribution in [3.05, 3.63) is 35.9 Å². The van der Waals surface area contributed by atoms with Gasteiger partial charge in [-0.3, -0.25) is 4.79 Å². The summed E-state index contributed by atoms with van der Waals surface area (Å²) in [6, 6.07) is 9.96. The van der Waals surface area contributed by atoms with Gasteiger partial charge in [-0.1, -0.05) is 30.3 Å². The molecular weight excluding hydrogens is 258 g/mol. The number of fused-ring (bicyclic) bond motifs is 1. The normalized spacial score (nSPS) is 32.0. The van der Waals surface area contributed by atoms with Crippen LogP contribution in [-0.2, 0) is 25.6 Å². The number of carbonyl (C=O) groups is 1. The number of benzene rings is 1. The van der Waals surface area contributed by atoms with Gasteiger partial charge < -0.3 is 19.5 Å². The molecule has 2 aliphatic rings. The molecule has 2 aliphatic heterocycles. The van der Waals surface area contributed by atoms with Crippen molar-refractivity contribution >= 4 is 5.91 Å². The fraction of sp³-hybridized carbons (Fsp3) is 0.533. The van der Waals surface area contributed by atoms with Gasteiger partial charge in [0.25, 0.3) is 0 Å². The monoisotopic (exact) mass is 277 g/mol. The summed E-state index contributed by atoms with van der Waals surface area (Å²) in [5.74, 6) is -0.0588. The number of ether oxygens (including phenoxy) is 3. The summed E-state index contributed by atoms with van der Waals surface area (Å²) in [7, 11) is 0. The predicted molar refractivity (Wildman–Crippen MR) is 72.1 cm³/mol. The van der Waals surface area contributed by atoms with Crippen LogP contribution in [0.2, 0.25) is 0 Å². The summed E-state index contributed by atoms with van der Waals surface area (Å²) in [4.78, 5) is 11.1. The first-order valence-corrected chi connectivity index (χ1v) is 6.90. The lowest BCUT2D eigenvalue weighted by atomic mass is 10.1. The third-order valence-electron chi connectivity index (χ3n) is 3.70. The quantitative estimate of drug-likeness (QED) is 0.887. The second kappa shape index (κ2) is 5.91. The van der Waals surface area contributed by atoms with E-state index in [1.54, 1.807) is 0 Å². The molecule has 0 radical (unpaired) electrons. The van der Waals surface area contributed by atoms with Crippen LogP contribution in [0.25, 0.3) is 0 Å². The van der Waals surface area contributed by atoms with Crippen LogP contribution < -0.4 is 5.32 Å². The second-order valence-corrected chi connectivity index (χ2v) is 5.24. The molecular formula is C15H19NO4. The van der Waals surface area contributed by atoms with Crippen LogP contribution in [0.3, 0.4) is 0 Å². The second-order valence-electron chi connectivity index (χ2n) is 5.24. The molecule has 108 valence electrons. The highest BCUT2D eigenvalue weighted by molar-refractivity contribution is 5.73. The Hall–Kier alpha value is -1.43. The van der Waals surface area contributed by atoms with Gasteiger partial charge in [0.1, 0.15) is 18.3 Å². The molecule has 1 N–H and O–H groups in total. The number of rotatable bonds is 4. The minimum Gasteiger partial charge on any atom is -0.370 e. The first-order chi connectivity index (χ1) is 9.74. The zero-order valence-corrected chi connectivity index (χ0v) is 11.5. The molecule has 1 aromatic rings. The first-order valence-electron chi connectivity index (χ1n) is 6.90. The highest BCUT2D eigenvalue weighted by Crippen LogP contribution is 2.29. The van der Waals surface area contributed by atoms with E-state index >= 15 is 0 Å². The SMILES string of the molecule is CC(=O)N[C@@H]1CO[C@@H]2[C@@H]1OC[C@H]2OCc1ccccc1.